The Morgan fingerprint density at radius 3 is 2.96 bits per heavy atom. The number of nitrogens with one attached hydrogen (secondary N) is 3. The van der Waals surface area contributed by atoms with Crippen LogP contribution in [0.15, 0.2) is 40.7 Å². The van der Waals surface area contributed by atoms with Gasteiger partial charge in [0.1, 0.15) is 0 Å². The minimum atomic E-state index is 0.443. The van der Waals surface area contributed by atoms with E-state index in [4.69, 9.17) is 5.41 Å². The highest BCUT2D eigenvalue weighted by atomic mass is 32.2. The average molecular weight is 384 g/mol. The molecule has 0 amide bonds. The lowest BCUT2D eigenvalue weighted by atomic mass is 10.3. The topological polar surface area (TPSA) is 117 Å². The first-order valence-corrected chi connectivity index (χ1v) is 9.01. The van der Waals surface area contributed by atoms with Gasteiger partial charge in [0.25, 0.3) is 0 Å². The second-order valence-electron chi connectivity index (χ2n) is 5.88. The van der Waals surface area contributed by atoms with Crippen molar-refractivity contribution in [3.05, 3.63) is 53.4 Å². The van der Waals surface area contributed by atoms with Crippen molar-refractivity contribution in [1.82, 2.24) is 30.0 Å². The summed E-state index contributed by atoms with van der Waals surface area (Å²) in [5.41, 5.74) is 5.86. The molecule has 0 fully saturated rings. The SMILES string of the molecule is Cn1ccc(CN/N=C\c2c(SC(=N)Cc3ccn[nH]3)cn(C)c2C=O)n1. The van der Waals surface area contributed by atoms with Crippen LogP contribution in [-0.4, -0.2) is 42.1 Å². The van der Waals surface area contributed by atoms with E-state index in [0.717, 1.165) is 22.6 Å². The number of carbonyl (C=O) groups excluding carboxylic acids is 1. The van der Waals surface area contributed by atoms with Gasteiger partial charge in [0, 0.05) is 55.3 Å². The van der Waals surface area contributed by atoms with E-state index in [1.165, 1.54) is 11.8 Å². The summed E-state index contributed by atoms with van der Waals surface area (Å²) >= 11 is 1.30. The molecule has 0 aliphatic heterocycles. The molecule has 3 heterocycles. The van der Waals surface area contributed by atoms with Crippen LogP contribution >= 0.6 is 11.8 Å². The van der Waals surface area contributed by atoms with E-state index in [9.17, 15) is 4.79 Å². The number of rotatable bonds is 8. The van der Waals surface area contributed by atoms with E-state index in [1.54, 1.807) is 28.7 Å². The van der Waals surface area contributed by atoms with E-state index >= 15 is 0 Å². The summed E-state index contributed by atoms with van der Waals surface area (Å²) in [6.45, 7) is 0.485. The van der Waals surface area contributed by atoms with Crippen LogP contribution < -0.4 is 5.43 Å². The van der Waals surface area contributed by atoms with Gasteiger partial charge in [0.05, 0.1) is 29.2 Å². The molecule has 0 saturated heterocycles. The first kappa shape index (κ1) is 18.6. The quantitative estimate of drug-likeness (QED) is 0.180. The van der Waals surface area contributed by atoms with Crippen molar-refractivity contribution in [3.63, 3.8) is 0 Å². The predicted octanol–water partition coefficient (Wildman–Crippen LogP) is 1.73. The van der Waals surface area contributed by atoms with Gasteiger partial charge in [-0.3, -0.25) is 20.0 Å². The third-order valence-corrected chi connectivity index (χ3v) is 4.74. The molecule has 0 saturated carbocycles. The Bertz CT molecular complexity index is 954. The van der Waals surface area contributed by atoms with E-state index in [0.29, 0.717) is 29.3 Å². The Morgan fingerprint density at radius 2 is 2.30 bits per heavy atom. The summed E-state index contributed by atoms with van der Waals surface area (Å²) in [4.78, 5) is 12.3. The number of hydrazone groups is 1. The molecule has 3 N–H and O–H groups in total. The molecule has 9 nitrogen and oxygen atoms in total. The van der Waals surface area contributed by atoms with Gasteiger partial charge in [-0.15, -0.1) is 0 Å². The van der Waals surface area contributed by atoms with Gasteiger partial charge < -0.3 is 9.99 Å². The average Bonchev–Trinajstić information content (AvgIpc) is 3.34. The smallest absolute Gasteiger partial charge is 0.167 e. The molecule has 0 aliphatic rings. The number of hydrogen-bond donors (Lipinski definition) is 3. The number of aromatic amines is 1. The van der Waals surface area contributed by atoms with Crippen LogP contribution in [0, 0.1) is 5.41 Å². The monoisotopic (exact) mass is 384 g/mol. The maximum absolute atomic E-state index is 11.5. The van der Waals surface area contributed by atoms with Crippen molar-refractivity contribution in [2.24, 2.45) is 19.2 Å². The fourth-order valence-electron chi connectivity index (χ4n) is 2.51. The number of H-pyrrole nitrogens is 1. The number of aldehydes is 1. The summed E-state index contributed by atoms with van der Waals surface area (Å²) in [7, 11) is 3.65. The zero-order valence-electron chi connectivity index (χ0n) is 15.0. The number of aryl methyl sites for hydroxylation is 2. The first-order chi connectivity index (χ1) is 13.1. The Kier molecular flexibility index (Phi) is 5.87. The Balaban J connectivity index is 1.69. The van der Waals surface area contributed by atoms with Gasteiger partial charge in [-0.1, -0.05) is 11.8 Å². The van der Waals surface area contributed by atoms with E-state index < -0.39 is 0 Å². The molecule has 10 heteroatoms. The van der Waals surface area contributed by atoms with Crippen molar-refractivity contribution in [2.45, 2.75) is 17.9 Å². The lowest BCUT2D eigenvalue weighted by molar-refractivity contribution is 0.111. The van der Waals surface area contributed by atoms with Crippen molar-refractivity contribution in [1.29, 1.82) is 5.41 Å². The van der Waals surface area contributed by atoms with E-state index in [-0.39, 0.29) is 0 Å². The number of carbonyl (C=O) groups is 1. The molecule has 0 atom stereocenters. The third kappa shape index (κ3) is 4.73. The van der Waals surface area contributed by atoms with Crippen LogP contribution in [0.5, 0.6) is 0 Å². The van der Waals surface area contributed by atoms with Gasteiger partial charge >= 0.3 is 0 Å². The second-order valence-corrected chi connectivity index (χ2v) is 7.02. The van der Waals surface area contributed by atoms with Gasteiger partial charge in [-0.2, -0.15) is 15.3 Å². The number of hydrogen-bond acceptors (Lipinski definition) is 7. The lowest BCUT2D eigenvalue weighted by Gasteiger charge is -2.02. The number of nitrogens with zero attached hydrogens (tertiary/aromatic N) is 5. The van der Waals surface area contributed by atoms with Gasteiger partial charge in [0.15, 0.2) is 6.29 Å². The molecular weight excluding hydrogens is 364 g/mol. The largest absolute Gasteiger partial charge is 0.347 e. The van der Waals surface area contributed by atoms with Crippen molar-refractivity contribution < 1.29 is 4.79 Å². The highest BCUT2D eigenvalue weighted by Gasteiger charge is 2.15. The number of thioether (sulfide) groups is 1. The first-order valence-electron chi connectivity index (χ1n) is 8.19. The molecule has 0 aromatic carbocycles. The predicted molar refractivity (Wildman–Crippen MR) is 104 cm³/mol. The molecule has 0 unspecified atom stereocenters. The van der Waals surface area contributed by atoms with Crippen molar-refractivity contribution in [3.8, 4) is 0 Å². The fourth-order valence-corrected chi connectivity index (χ4v) is 3.48. The minimum Gasteiger partial charge on any atom is -0.347 e. The normalized spacial score (nSPS) is 11.2. The molecule has 27 heavy (non-hydrogen) atoms. The summed E-state index contributed by atoms with van der Waals surface area (Å²) in [6, 6.07) is 3.74. The molecule has 3 rings (SSSR count). The molecule has 0 spiro atoms. The minimum absolute atomic E-state index is 0.443. The van der Waals surface area contributed by atoms with Crippen molar-refractivity contribution in [2.75, 3.05) is 0 Å². The maximum atomic E-state index is 11.5. The fraction of sp³-hybridized carbons (Fsp3) is 0.235. The van der Waals surface area contributed by atoms with Crippen LogP contribution in [0.2, 0.25) is 0 Å². The Labute approximate surface area is 160 Å². The van der Waals surface area contributed by atoms with Crippen LogP contribution in [-0.2, 0) is 27.1 Å². The molecule has 3 aromatic rings. The molecule has 0 radical (unpaired) electrons. The van der Waals surface area contributed by atoms with Crippen LogP contribution in [0.1, 0.15) is 27.4 Å². The van der Waals surface area contributed by atoms with Gasteiger partial charge in [-0.25, -0.2) is 0 Å². The third-order valence-electron chi connectivity index (χ3n) is 3.80. The molecule has 0 aliphatic carbocycles. The molecule has 3 aromatic heterocycles. The second kappa shape index (κ2) is 8.49. The van der Waals surface area contributed by atoms with Gasteiger partial charge in [-0.05, 0) is 12.1 Å². The highest BCUT2D eigenvalue weighted by Crippen LogP contribution is 2.27. The molecular formula is C17H20N8OS. The van der Waals surface area contributed by atoms with E-state index in [2.05, 4.69) is 25.8 Å². The maximum Gasteiger partial charge on any atom is 0.167 e. The van der Waals surface area contributed by atoms with Crippen LogP contribution in [0.25, 0.3) is 0 Å². The molecule has 0 bridgehead atoms. The Hall–Kier alpha value is -3.14. The summed E-state index contributed by atoms with van der Waals surface area (Å²) in [5.74, 6) is 0. The lowest BCUT2D eigenvalue weighted by Crippen LogP contribution is -2.07. The molecule has 140 valence electrons. The van der Waals surface area contributed by atoms with Gasteiger partial charge in [0.2, 0.25) is 0 Å². The highest BCUT2D eigenvalue weighted by molar-refractivity contribution is 8.13. The zero-order valence-corrected chi connectivity index (χ0v) is 15.8. The van der Waals surface area contributed by atoms with Crippen LogP contribution in [0.3, 0.4) is 0 Å². The zero-order chi connectivity index (χ0) is 19.2. The van der Waals surface area contributed by atoms with Crippen LogP contribution in [0.4, 0.5) is 0 Å². The van der Waals surface area contributed by atoms with E-state index in [1.807, 2.05) is 31.6 Å². The van der Waals surface area contributed by atoms with Crippen molar-refractivity contribution >= 4 is 29.3 Å². The Morgan fingerprint density at radius 1 is 1.44 bits per heavy atom. The summed E-state index contributed by atoms with van der Waals surface area (Å²) < 4.78 is 3.46. The summed E-state index contributed by atoms with van der Waals surface area (Å²) in [5, 5.41) is 23.9. The summed E-state index contributed by atoms with van der Waals surface area (Å²) in [6.07, 6.45) is 8.20. The standard InChI is InChI=1S/C17H20N8OS/c1-24-10-16(27-17(18)7-12-3-5-19-22-12)14(15(24)11-26)9-21-20-8-13-4-6-25(2)23-13/h3-6,9-11,18,20H,7-8H2,1-2H3,(H,19,22)/b18-17?,21-9-. The number of aromatic nitrogens is 5.